The van der Waals surface area contributed by atoms with Gasteiger partial charge in [-0.15, -0.1) is 17.3 Å². The standard InChI is InChI=1S/C23H24N2O2S2/c1-5-7-15-8-10-19-17(12-15)18-13-16(9-11-20(18)28-19)22(3)14-29(26,27)23(4,6-2)21(24)25-22/h8-13H,6,14H2,1-4H3,(H2,24,25)/t22-,23+/m0/s1. The van der Waals surface area contributed by atoms with Gasteiger partial charge in [-0.1, -0.05) is 18.9 Å². The van der Waals surface area contributed by atoms with Gasteiger partial charge in [0.1, 0.15) is 10.6 Å². The first-order valence-electron chi connectivity index (χ1n) is 9.61. The summed E-state index contributed by atoms with van der Waals surface area (Å²) in [5, 5.41) is 2.23. The molecule has 1 aliphatic heterocycles. The summed E-state index contributed by atoms with van der Waals surface area (Å²) in [6.07, 6.45) is 0.413. The number of nitrogens with two attached hydrogens (primary N) is 1. The predicted molar refractivity (Wildman–Crippen MR) is 123 cm³/mol. The molecule has 1 aromatic heterocycles. The fourth-order valence-corrected chi connectivity index (χ4v) is 7.15. The van der Waals surface area contributed by atoms with Crippen LogP contribution in [0.1, 0.15) is 45.2 Å². The Morgan fingerprint density at radius 2 is 1.79 bits per heavy atom. The zero-order chi connectivity index (χ0) is 21.0. The van der Waals surface area contributed by atoms with Crippen LogP contribution < -0.4 is 5.73 Å². The molecule has 6 heteroatoms. The minimum Gasteiger partial charge on any atom is -0.386 e. The van der Waals surface area contributed by atoms with Crippen molar-refractivity contribution in [2.45, 2.75) is 44.4 Å². The van der Waals surface area contributed by atoms with Gasteiger partial charge < -0.3 is 5.73 Å². The van der Waals surface area contributed by atoms with Crippen LogP contribution in [0, 0.1) is 11.8 Å². The quantitative estimate of drug-likeness (QED) is 0.611. The Bertz CT molecular complexity index is 1340. The molecule has 0 saturated heterocycles. The summed E-state index contributed by atoms with van der Waals surface area (Å²) < 4.78 is 27.4. The molecule has 3 aromatic rings. The van der Waals surface area contributed by atoms with E-state index in [0.29, 0.717) is 6.42 Å². The van der Waals surface area contributed by atoms with Gasteiger partial charge in [0, 0.05) is 25.7 Å². The Morgan fingerprint density at radius 1 is 1.14 bits per heavy atom. The summed E-state index contributed by atoms with van der Waals surface area (Å²) >= 11 is 1.72. The number of hydrogen-bond acceptors (Lipinski definition) is 5. The van der Waals surface area contributed by atoms with Crippen LogP contribution in [0.25, 0.3) is 20.2 Å². The molecule has 2 atom stereocenters. The number of rotatable bonds is 2. The lowest BCUT2D eigenvalue weighted by Crippen LogP contribution is -2.56. The number of nitrogens with zero attached hydrogens (tertiary/aromatic N) is 1. The second kappa shape index (κ2) is 6.58. The Hall–Kier alpha value is -2.36. The second-order valence-electron chi connectivity index (χ2n) is 8.01. The Kier molecular flexibility index (Phi) is 4.52. The molecule has 2 heterocycles. The fraction of sp³-hybridized carbons (Fsp3) is 0.348. The molecule has 0 radical (unpaired) electrons. The molecule has 0 fully saturated rings. The maximum Gasteiger partial charge on any atom is 0.165 e. The maximum atomic E-state index is 13.1. The van der Waals surface area contributed by atoms with Gasteiger partial charge in [-0.25, -0.2) is 8.42 Å². The largest absolute Gasteiger partial charge is 0.386 e. The summed E-state index contributed by atoms with van der Waals surface area (Å²) in [4.78, 5) is 4.72. The van der Waals surface area contributed by atoms with Gasteiger partial charge in [-0.2, -0.15) is 0 Å². The van der Waals surface area contributed by atoms with E-state index in [2.05, 4.69) is 36.1 Å². The topological polar surface area (TPSA) is 72.5 Å². The van der Waals surface area contributed by atoms with Crippen molar-refractivity contribution in [1.82, 2.24) is 0 Å². The van der Waals surface area contributed by atoms with E-state index >= 15 is 0 Å². The molecular formula is C23H24N2O2S2. The minimum atomic E-state index is -3.45. The van der Waals surface area contributed by atoms with Crippen LogP contribution in [0.3, 0.4) is 0 Å². The third-order valence-corrected chi connectivity index (χ3v) is 10.1. The van der Waals surface area contributed by atoms with Gasteiger partial charge in [0.2, 0.25) is 0 Å². The molecule has 4 rings (SSSR count). The molecule has 2 N–H and O–H groups in total. The van der Waals surface area contributed by atoms with Crippen LogP contribution in [0.5, 0.6) is 0 Å². The highest BCUT2D eigenvalue weighted by Crippen LogP contribution is 2.41. The van der Waals surface area contributed by atoms with Crippen LogP contribution in [0.4, 0.5) is 0 Å². The van der Waals surface area contributed by atoms with Gasteiger partial charge >= 0.3 is 0 Å². The molecule has 0 spiro atoms. The van der Waals surface area contributed by atoms with Gasteiger partial charge in [0.15, 0.2) is 9.84 Å². The zero-order valence-electron chi connectivity index (χ0n) is 17.0. The lowest BCUT2D eigenvalue weighted by atomic mass is 9.92. The number of sulfone groups is 1. The van der Waals surface area contributed by atoms with Crippen LogP contribution >= 0.6 is 11.3 Å². The summed E-state index contributed by atoms with van der Waals surface area (Å²) in [5.74, 6) is 6.20. The monoisotopic (exact) mass is 424 g/mol. The SMILES string of the molecule is CC#Cc1ccc2sc3ccc([C@]4(C)CS(=O)(=O)[C@](C)(CC)C(N)=N4)cc3c2c1. The summed E-state index contributed by atoms with van der Waals surface area (Å²) in [6.45, 7) is 7.19. The van der Waals surface area contributed by atoms with Gasteiger partial charge in [0.05, 0.1) is 11.3 Å². The van der Waals surface area contributed by atoms with E-state index in [1.165, 1.54) is 4.70 Å². The highest BCUT2D eigenvalue weighted by Gasteiger charge is 2.50. The average Bonchev–Trinajstić information content (AvgIpc) is 3.03. The van der Waals surface area contributed by atoms with Crippen molar-refractivity contribution in [2.75, 3.05) is 5.75 Å². The fourth-order valence-electron chi connectivity index (χ4n) is 3.99. The van der Waals surface area contributed by atoms with Gasteiger partial charge in [-0.05, 0) is 63.1 Å². The molecule has 4 nitrogen and oxygen atoms in total. The molecule has 1 aliphatic rings. The number of benzene rings is 2. The maximum absolute atomic E-state index is 13.1. The predicted octanol–water partition coefficient (Wildman–Crippen LogP) is 4.60. The lowest BCUT2D eigenvalue weighted by molar-refractivity contribution is 0.492. The van der Waals surface area contributed by atoms with E-state index in [9.17, 15) is 8.42 Å². The van der Waals surface area contributed by atoms with Crippen LogP contribution in [0.15, 0.2) is 41.4 Å². The molecule has 0 bridgehead atoms. The van der Waals surface area contributed by atoms with Gasteiger partial charge in [-0.3, -0.25) is 4.99 Å². The van der Waals surface area contributed by atoms with E-state index in [4.69, 9.17) is 10.7 Å². The number of fused-ring (bicyclic) bond motifs is 3. The summed E-state index contributed by atoms with van der Waals surface area (Å²) in [6, 6.07) is 12.3. The first-order chi connectivity index (χ1) is 13.6. The highest BCUT2D eigenvalue weighted by molar-refractivity contribution is 7.93. The molecule has 0 saturated carbocycles. The minimum absolute atomic E-state index is 0.0504. The van der Waals surface area contributed by atoms with Crippen molar-refractivity contribution in [3.8, 4) is 11.8 Å². The number of thiophene rings is 1. The van der Waals surface area contributed by atoms with Crippen LogP contribution in [-0.4, -0.2) is 24.8 Å². The number of aliphatic imine (C=N–C) groups is 1. The van der Waals surface area contributed by atoms with E-state index in [1.807, 2.05) is 32.9 Å². The van der Waals surface area contributed by atoms with Crippen molar-refractivity contribution in [3.05, 3.63) is 47.5 Å². The van der Waals surface area contributed by atoms with Crippen molar-refractivity contribution >= 4 is 47.2 Å². The van der Waals surface area contributed by atoms with E-state index in [1.54, 1.807) is 18.3 Å². The normalized spacial score (nSPS) is 26.1. The van der Waals surface area contributed by atoms with Crippen molar-refractivity contribution in [1.29, 1.82) is 0 Å². The third-order valence-electron chi connectivity index (χ3n) is 6.10. The molecule has 29 heavy (non-hydrogen) atoms. The first kappa shape index (κ1) is 19.9. The summed E-state index contributed by atoms with van der Waals surface area (Å²) in [7, 11) is -3.45. The molecule has 150 valence electrons. The average molecular weight is 425 g/mol. The molecule has 0 unspecified atom stereocenters. The lowest BCUT2D eigenvalue weighted by Gasteiger charge is -2.39. The zero-order valence-corrected chi connectivity index (χ0v) is 18.7. The van der Waals surface area contributed by atoms with Crippen LogP contribution in [0.2, 0.25) is 0 Å². The van der Waals surface area contributed by atoms with Crippen molar-refractivity contribution in [2.24, 2.45) is 10.7 Å². The number of amidine groups is 1. The van der Waals surface area contributed by atoms with Crippen LogP contribution in [-0.2, 0) is 15.4 Å². The van der Waals surface area contributed by atoms with E-state index < -0.39 is 20.1 Å². The molecular weight excluding hydrogens is 400 g/mol. The molecule has 0 amide bonds. The van der Waals surface area contributed by atoms with Crippen molar-refractivity contribution in [3.63, 3.8) is 0 Å². The third kappa shape index (κ3) is 2.95. The first-order valence-corrected chi connectivity index (χ1v) is 12.1. The Balaban J connectivity index is 1.93. The summed E-state index contributed by atoms with van der Waals surface area (Å²) in [5.41, 5.74) is 7.14. The Morgan fingerprint density at radius 3 is 2.41 bits per heavy atom. The van der Waals surface area contributed by atoms with E-state index in [-0.39, 0.29) is 11.6 Å². The second-order valence-corrected chi connectivity index (χ2v) is 11.5. The number of hydrogen-bond donors (Lipinski definition) is 1. The van der Waals surface area contributed by atoms with Crippen molar-refractivity contribution < 1.29 is 8.42 Å². The molecule has 0 aliphatic carbocycles. The highest BCUT2D eigenvalue weighted by atomic mass is 32.2. The Labute approximate surface area is 175 Å². The smallest absolute Gasteiger partial charge is 0.165 e. The molecule has 2 aromatic carbocycles. The van der Waals surface area contributed by atoms with E-state index in [0.717, 1.165) is 26.6 Å². The van der Waals surface area contributed by atoms with Gasteiger partial charge in [0.25, 0.3) is 0 Å².